The third-order valence-electron chi connectivity index (χ3n) is 5.30. The smallest absolute Gasteiger partial charge is 0.237 e. The first-order chi connectivity index (χ1) is 12.7. The number of nitrogens with one attached hydrogen (secondary N) is 2. The summed E-state index contributed by atoms with van der Waals surface area (Å²) < 4.78 is 19.0. The molecular weight excluding hydrogens is 406 g/mol. The fourth-order valence-corrected chi connectivity index (χ4v) is 3.95. The van der Waals surface area contributed by atoms with Crippen LogP contribution in [0.2, 0.25) is 0 Å². The maximum Gasteiger partial charge on any atom is 0.237 e. The summed E-state index contributed by atoms with van der Waals surface area (Å²) in [6, 6.07) is 4.38. The van der Waals surface area contributed by atoms with Crippen molar-refractivity contribution in [2.75, 3.05) is 26.2 Å². The molecule has 2 saturated heterocycles. The summed E-state index contributed by atoms with van der Waals surface area (Å²) in [5.74, 6) is 0.879. The average Bonchev–Trinajstić information content (AvgIpc) is 3.29. The Morgan fingerprint density at radius 2 is 2.18 bits per heavy atom. The van der Waals surface area contributed by atoms with Gasteiger partial charge >= 0.3 is 0 Å². The number of carbonyl (C=O) groups is 1. The molecule has 4 rings (SSSR count). The van der Waals surface area contributed by atoms with Crippen LogP contribution in [0.3, 0.4) is 0 Å². The first kappa shape index (κ1) is 22.9. The van der Waals surface area contributed by atoms with E-state index in [1.54, 1.807) is 6.07 Å². The van der Waals surface area contributed by atoms with E-state index in [1.807, 2.05) is 0 Å². The van der Waals surface area contributed by atoms with Crippen LogP contribution in [0, 0.1) is 11.7 Å². The van der Waals surface area contributed by atoms with Gasteiger partial charge in [0, 0.05) is 19.2 Å². The van der Waals surface area contributed by atoms with Gasteiger partial charge in [0.15, 0.2) is 5.58 Å². The van der Waals surface area contributed by atoms with Crippen LogP contribution in [-0.2, 0) is 11.3 Å². The lowest BCUT2D eigenvalue weighted by molar-refractivity contribution is -0.123. The summed E-state index contributed by atoms with van der Waals surface area (Å²) in [6.07, 6.45) is 4.22. The van der Waals surface area contributed by atoms with Crippen LogP contribution in [0.1, 0.15) is 31.6 Å². The van der Waals surface area contributed by atoms with Crippen LogP contribution in [0.15, 0.2) is 22.6 Å². The van der Waals surface area contributed by atoms with Crippen molar-refractivity contribution in [3.05, 3.63) is 29.9 Å². The van der Waals surface area contributed by atoms with Gasteiger partial charge in [-0.3, -0.25) is 9.69 Å². The van der Waals surface area contributed by atoms with Gasteiger partial charge in [0.2, 0.25) is 11.8 Å². The summed E-state index contributed by atoms with van der Waals surface area (Å²) >= 11 is 0. The molecule has 9 heteroatoms. The molecule has 28 heavy (non-hydrogen) atoms. The van der Waals surface area contributed by atoms with Crippen molar-refractivity contribution in [1.29, 1.82) is 0 Å². The van der Waals surface area contributed by atoms with Crippen LogP contribution < -0.4 is 10.6 Å². The molecule has 1 aromatic heterocycles. The van der Waals surface area contributed by atoms with E-state index in [0.29, 0.717) is 36.0 Å². The molecular formula is C19H27Cl2FN4O2. The van der Waals surface area contributed by atoms with Crippen LogP contribution in [-0.4, -0.2) is 48.0 Å². The maximum absolute atomic E-state index is 13.3. The van der Waals surface area contributed by atoms with E-state index in [2.05, 4.69) is 20.5 Å². The fourth-order valence-electron chi connectivity index (χ4n) is 3.95. The molecule has 0 spiro atoms. The Bertz CT molecular complexity index is 782. The molecule has 0 saturated carbocycles. The van der Waals surface area contributed by atoms with Gasteiger partial charge in [0.25, 0.3) is 0 Å². The zero-order valence-electron chi connectivity index (χ0n) is 15.7. The van der Waals surface area contributed by atoms with Gasteiger partial charge < -0.3 is 15.1 Å². The van der Waals surface area contributed by atoms with E-state index in [4.69, 9.17) is 4.42 Å². The Hall–Kier alpha value is -1.41. The summed E-state index contributed by atoms with van der Waals surface area (Å²) in [4.78, 5) is 18.8. The minimum Gasteiger partial charge on any atom is -0.439 e. The molecule has 2 atom stereocenters. The molecule has 6 nitrogen and oxygen atoms in total. The number of aromatic nitrogens is 1. The minimum atomic E-state index is -0.303. The molecule has 2 aromatic rings. The van der Waals surface area contributed by atoms with Crippen LogP contribution in [0.25, 0.3) is 11.1 Å². The molecule has 1 amide bonds. The number of benzene rings is 1. The summed E-state index contributed by atoms with van der Waals surface area (Å²) in [5, 5.41) is 6.33. The molecule has 3 heterocycles. The number of amides is 1. The second-order valence-electron chi connectivity index (χ2n) is 7.36. The molecule has 2 aliphatic heterocycles. The highest BCUT2D eigenvalue weighted by molar-refractivity contribution is 5.85. The molecule has 2 unspecified atom stereocenters. The second-order valence-corrected chi connectivity index (χ2v) is 7.36. The lowest BCUT2D eigenvalue weighted by Gasteiger charge is -2.32. The van der Waals surface area contributed by atoms with Crippen molar-refractivity contribution >= 4 is 41.8 Å². The largest absolute Gasteiger partial charge is 0.439 e. The first-order valence-electron chi connectivity index (χ1n) is 9.46. The predicted molar refractivity (Wildman–Crippen MR) is 110 cm³/mol. The van der Waals surface area contributed by atoms with E-state index < -0.39 is 0 Å². The van der Waals surface area contributed by atoms with Gasteiger partial charge in [-0.25, -0.2) is 9.37 Å². The number of rotatable bonds is 5. The molecule has 1 aromatic carbocycles. The van der Waals surface area contributed by atoms with Gasteiger partial charge in [0.1, 0.15) is 11.3 Å². The van der Waals surface area contributed by atoms with Gasteiger partial charge in [-0.05, 0) is 56.8 Å². The van der Waals surface area contributed by atoms with Crippen LogP contribution in [0.5, 0.6) is 0 Å². The molecule has 2 aliphatic rings. The molecule has 0 radical (unpaired) electrons. The van der Waals surface area contributed by atoms with E-state index in [1.165, 1.54) is 12.1 Å². The average molecular weight is 433 g/mol. The predicted octanol–water partition coefficient (Wildman–Crippen LogP) is 2.89. The topological polar surface area (TPSA) is 70.4 Å². The molecule has 0 aliphatic carbocycles. The Morgan fingerprint density at radius 3 is 2.96 bits per heavy atom. The lowest BCUT2D eigenvalue weighted by atomic mass is 9.98. The second kappa shape index (κ2) is 10.4. The van der Waals surface area contributed by atoms with Crippen LogP contribution in [0.4, 0.5) is 4.39 Å². The quantitative estimate of drug-likeness (QED) is 0.759. The van der Waals surface area contributed by atoms with Gasteiger partial charge in [-0.2, -0.15) is 0 Å². The standard InChI is InChI=1S/C19H25FN4O2.2ClH/c20-14-5-6-17-16(9-14)23-18(26-17)12-24-8-2-3-13(11-24)10-22-19(25)15-4-1-7-21-15;;/h5-6,9,13,15,21H,1-4,7-8,10-12H2,(H,22,25);2*1H. The molecule has 2 fully saturated rings. The van der Waals surface area contributed by atoms with E-state index >= 15 is 0 Å². The van der Waals surface area contributed by atoms with E-state index in [0.717, 1.165) is 45.3 Å². The minimum absolute atomic E-state index is 0. The number of nitrogens with zero attached hydrogens (tertiary/aromatic N) is 2. The third-order valence-corrected chi connectivity index (χ3v) is 5.30. The number of hydrogen-bond acceptors (Lipinski definition) is 5. The van der Waals surface area contributed by atoms with E-state index in [9.17, 15) is 9.18 Å². The van der Waals surface area contributed by atoms with Crippen molar-refractivity contribution in [1.82, 2.24) is 20.5 Å². The first-order valence-corrected chi connectivity index (χ1v) is 9.46. The zero-order valence-corrected chi connectivity index (χ0v) is 17.3. The van der Waals surface area contributed by atoms with Crippen molar-refractivity contribution < 1.29 is 13.6 Å². The number of likely N-dealkylation sites (tertiary alicyclic amines) is 1. The number of fused-ring (bicyclic) bond motifs is 1. The molecule has 0 bridgehead atoms. The summed E-state index contributed by atoms with van der Waals surface area (Å²) in [6.45, 7) is 4.16. The Kier molecular flexibility index (Phi) is 8.49. The Morgan fingerprint density at radius 1 is 1.32 bits per heavy atom. The van der Waals surface area contributed by atoms with Crippen LogP contribution >= 0.6 is 24.8 Å². The van der Waals surface area contributed by atoms with E-state index in [-0.39, 0.29) is 42.6 Å². The van der Waals surface area contributed by atoms with Crippen molar-refractivity contribution in [3.8, 4) is 0 Å². The fraction of sp³-hybridized carbons (Fsp3) is 0.579. The number of hydrogen-bond donors (Lipinski definition) is 2. The van der Waals surface area contributed by atoms with Gasteiger partial charge in [-0.15, -0.1) is 24.8 Å². The number of carbonyl (C=O) groups excluding carboxylic acids is 1. The highest BCUT2D eigenvalue weighted by Gasteiger charge is 2.25. The van der Waals surface area contributed by atoms with Crippen molar-refractivity contribution in [3.63, 3.8) is 0 Å². The normalized spacial score (nSPS) is 22.5. The van der Waals surface area contributed by atoms with Crippen molar-refractivity contribution in [2.45, 2.75) is 38.3 Å². The Balaban J connectivity index is 0.00000140. The number of piperidine rings is 1. The highest BCUT2D eigenvalue weighted by atomic mass is 35.5. The summed E-state index contributed by atoms with van der Waals surface area (Å²) in [5.41, 5.74) is 1.18. The maximum atomic E-state index is 13.3. The van der Waals surface area contributed by atoms with Gasteiger partial charge in [0.05, 0.1) is 12.6 Å². The zero-order chi connectivity index (χ0) is 17.9. The number of oxazole rings is 1. The SMILES string of the molecule is Cl.Cl.O=C(NCC1CCCN(Cc2nc3cc(F)ccc3o2)C1)C1CCCN1. The lowest BCUT2D eigenvalue weighted by Crippen LogP contribution is -2.45. The van der Waals surface area contributed by atoms with Gasteiger partial charge in [-0.1, -0.05) is 0 Å². The number of halogens is 3. The van der Waals surface area contributed by atoms with Crippen molar-refractivity contribution in [2.24, 2.45) is 5.92 Å². The molecule has 2 N–H and O–H groups in total. The monoisotopic (exact) mass is 432 g/mol. The molecule has 156 valence electrons. The highest BCUT2D eigenvalue weighted by Crippen LogP contribution is 2.21. The third kappa shape index (κ3) is 5.56. The Labute approximate surface area is 176 Å². The summed E-state index contributed by atoms with van der Waals surface area (Å²) in [7, 11) is 0.